The number of benzene rings is 2. The van der Waals surface area contributed by atoms with Crippen LogP contribution in [0.5, 0.6) is 0 Å². The van der Waals surface area contributed by atoms with E-state index in [2.05, 4.69) is 32.6 Å². The van der Waals surface area contributed by atoms with Gasteiger partial charge in [0.1, 0.15) is 0 Å². The Morgan fingerprint density at radius 3 is 2.47 bits per heavy atom. The maximum absolute atomic E-state index is 12.7. The Hall–Kier alpha value is -3.98. The molecule has 0 aliphatic carbocycles. The van der Waals surface area contributed by atoms with Gasteiger partial charge in [-0.25, -0.2) is 4.79 Å². The molecule has 0 spiro atoms. The normalized spacial score (nSPS) is 10.6. The smallest absolute Gasteiger partial charge is 0.339 e. The minimum atomic E-state index is -0.508. The summed E-state index contributed by atoms with van der Waals surface area (Å²) in [6.45, 7) is 0.657. The van der Waals surface area contributed by atoms with E-state index in [1.54, 1.807) is 36.7 Å². The summed E-state index contributed by atoms with van der Waals surface area (Å²) < 4.78 is 6.81. The van der Waals surface area contributed by atoms with E-state index in [0.29, 0.717) is 23.0 Å². The number of anilines is 1. The number of para-hydroxylation sites is 1. The summed E-state index contributed by atoms with van der Waals surface area (Å²) in [6.07, 6.45) is 4.22. The van der Waals surface area contributed by atoms with Gasteiger partial charge in [0.05, 0.1) is 24.1 Å². The zero-order valence-electron chi connectivity index (χ0n) is 18.5. The van der Waals surface area contributed by atoms with E-state index < -0.39 is 5.97 Å². The summed E-state index contributed by atoms with van der Waals surface area (Å²) in [5.41, 5.74) is 2.81. The summed E-state index contributed by atoms with van der Waals surface area (Å²) in [7, 11) is 1.30. The van der Waals surface area contributed by atoms with Crippen molar-refractivity contribution in [2.24, 2.45) is 0 Å². The average Bonchev–Trinajstić information content (AvgIpc) is 3.30. The molecule has 8 nitrogen and oxygen atoms in total. The van der Waals surface area contributed by atoms with Crippen molar-refractivity contribution in [1.29, 1.82) is 0 Å². The van der Waals surface area contributed by atoms with Gasteiger partial charge in [-0.3, -0.25) is 9.78 Å². The molecule has 2 aromatic carbocycles. The molecule has 172 valence electrons. The first kappa shape index (κ1) is 23.2. The van der Waals surface area contributed by atoms with Crippen LogP contribution in [0.2, 0.25) is 0 Å². The molecule has 9 heteroatoms. The second-order valence-corrected chi connectivity index (χ2v) is 8.25. The fourth-order valence-corrected chi connectivity index (χ4v) is 4.16. The number of esters is 1. The van der Waals surface area contributed by atoms with E-state index in [4.69, 9.17) is 4.74 Å². The minimum Gasteiger partial charge on any atom is -0.465 e. The number of ether oxygens (including phenoxy) is 1. The molecule has 0 saturated heterocycles. The summed E-state index contributed by atoms with van der Waals surface area (Å²) in [5, 5.41) is 12.1. The third-order valence-corrected chi connectivity index (χ3v) is 6.03. The number of amides is 1. The average molecular weight is 474 g/mol. The molecule has 2 heterocycles. The fourth-order valence-electron chi connectivity index (χ4n) is 3.39. The largest absolute Gasteiger partial charge is 0.465 e. The van der Waals surface area contributed by atoms with Crippen LogP contribution >= 0.6 is 11.8 Å². The van der Waals surface area contributed by atoms with Crippen LogP contribution in [0, 0.1) is 0 Å². The molecule has 2 aromatic heterocycles. The van der Waals surface area contributed by atoms with Gasteiger partial charge in [0.15, 0.2) is 11.0 Å². The molecule has 34 heavy (non-hydrogen) atoms. The third kappa shape index (κ3) is 5.68. The van der Waals surface area contributed by atoms with Gasteiger partial charge in [0.2, 0.25) is 5.91 Å². The van der Waals surface area contributed by atoms with Gasteiger partial charge in [0.25, 0.3) is 0 Å². The van der Waals surface area contributed by atoms with Gasteiger partial charge >= 0.3 is 5.97 Å². The highest BCUT2D eigenvalue weighted by molar-refractivity contribution is 7.99. The number of carbonyl (C=O) groups excluding carboxylic acids is 2. The number of methoxy groups -OCH3 is 1. The Balaban J connectivity index is 1.50. The van der Waals surface area contributed by atoms with Crippen LogP contribution in [0.25, 0.3) is 11.4 Å². The Labute approximate surface area is 201 Å². The first-order valence-corrected chi connectivity index (χ1v) is 11.6. The molecule has 0 fully saturated rings. The van der Waals surface area contributed by atoms with Gasteiger partial charge in [0, 0.05) is 24.5 Å². The van der Waals surface area contributed by atoms with Crippen LogP contribution in [-0.2, 0) is 22.5 Å². The van der Waals surface area contributed by atoms with Crippen molar-refractivity contribution in [3.05, 3.63) is 90.3 Å². The number of rotatable bonds is 9. The number of nitrogens with one attached hydrogen (secondary N) is 1. The third-order valence-electron chi connectivity index (χ3n) is 5.06. The van der Waals surface area contributed by atoms with Gasteiger partial charge in [-0.1, -0.05) is 54.2 Å². The first-order valence-electron chi connectivity index (χ1n) is 10.6. The predicted molar refractivity (Wildman–Crippen MR) is 131 cm³/mol. The van der Waals surface area contributed by atoms with E-state index in [-0.39, 0.29) is 11.7 Å². The predicted octanol–water partition coefficient (Wildman–Crippen LogP) is 4.10. The van der Waals surface area contributed by atoms with Crippen molar-refractivity contribution in [3.8, 4) is 11.4 Å². The van der Waals surface area contributed by atoms with Crippen LogP contribution in [-0.4, -0.2) is 44.5 Å². The highest BCUT2D eigenvalue weighted by Crippen LogP contribution is 2.25. The van der Waals surface area contributed by atoms with Crippen LogP contribution in [0.4, 0.5) is 5.69 Å². The number of hydrogen-bond donors (Lipinski definition) is 1. The lowest BCUT2D eigenvalue weighted by Crippen LogP contribution is -2.17. The molecule has 0 atom stereocenters. The van der Waals surface area contributed by atoms with Crippen LogP contribution in [0.1, 0.15) is 15.9 Å². The lowest BCUT2D eigenvalue weighted by molar-refractivity contribution is -0.113. The number of carbonyl (C=O) groups is 2. The van der Waals surface area contributed by atoms with E-state index in [9.17, 15) is 9.59 Å². The van der Waals surface area contributed by atoms with E-state index in [1.807, 2.05) is 34.9 Å². The maximum atomic E-state index is 12.7. The highest BCUT2D eigenvalue weighted by atomic mass is 32.2. The molecule has 4 rings (SSSR count). The number of nitrogens with zero attached hydrogens (tertiary/aromatic N) is 4. The monoisotopic (exact) mass is 473 g/mol. The van der Waals surface area contributed by atoms with Crippen LogP contribution < -0.4 is 5.32 Å². The highest BCUT2D eigenvalue weighted by Gasteiger charge is 2.17. The van der Waals surface area contributed by atoms with Gasteiger partial charge in [-0.2, -0.15) is 0 Å². The molecule has 0 bridgehead atoms. The molecule has 0 unspecified atom stereocenters. The molecular weight excluding hydrogens is 450 g/mol. The molecule has 0 aliphatic rings. The van der Waals surface area contributed by atoms with Crippen molar-refractivity contribution >= 4 is 29.3 Å². The second kappa shape index (κ2) is 11.2. The molecule has 1 amide bonds. The standard InChI is InChI=1S/C25H23N5O3S/c1-33-24(32)20-9-5-6-10-21(20)27-22(31)17-34-25-29-28-23(19-11-14-26-15-12-19)30(25)16-13-18-7-3-2-4-8-18/h2-12,14-15H,13,16-17H2,1H3,(H,27,31). The van der Waals surface area contributed by atoms with Gasteiger partial charge in [-0.15, -0.1) is 10.2 Å². The van der Waals surface area contributed by atoms with Crippen molar-refractivity contribution < 1.29 is 14.3 Å². The maximum Gasteiger partial charge on any atom is 0.339 e. The number of pyridine rings is 1. The fraction of sp³-hybridized carbons (Fsp3) is 0.160. The van der Waals surface area contributed by atoms with Crippen molar-refractivity contribution in [1.82, 2.24) is 19.7 Å². The Morgan fingerprint density at radius 2 is 1.71 bits per heavy atom. The lowest BCUT2D eigenvalue weighted by Gasteiger charge is -2.11. The second-order valence-electron chi connectivity index (χ2n) is 7.30. The molecule has 0 saturated carbocycles. The number of thioether (sulfide) groups is 1. The molecule has 4 aromatic rings. The SMILES string of the molecule is COC(=O)c1ccccc1NC(=O)CSc1nnc(-c2ccncc2)n1CCc1ccccc1. The van der Waals surface area contributed by atoms with Crippen molar-refractivity contribution in [2.75, 3.05) is 18.2 Å². The zero-order valence-corrected chi connectivity index (χ0v) is 19.4. The van der Waals surface area contributed by atoms with Gasteiger partial charge < -0.3 is 14.6 Å². The summed E-state index contributed by atoms with van der Waals surface area (Å²) in [6, 6.07) is 20.7. The zero-order chi connectivity index (χ0) is 23.8. The number of hydrogen-bond acceptors (Lipinski definition) is 7. The number of aryl methyl sites for hydroxylation is 1. The molecular formula is C25H23N5O3S. The van der Waals surface area contributed by atoms with E-state index in [1.165, 1.54) is 24.4 Å². The quantitative estimate of drug-likeness (QED) is 0.289. The Morgan fingerprint density at radius 1 is 0.971 bits per heavy atom. The lowest BCUT2D eigenvalue weighted by atomic mass is 10.1. The first-order chi connectivity index (χ1) is 16.7. The van der Waals surface area contributed by atoms with Crippen LogP contribution in [0.3, 0.4) is 0 Å². The van der Waals surface area contributed by atoms with E-state index in [0.717, 1.165) is 17.8 Å². The Kier molecular flexibility index (Phi) is 7.67. The summed E-state index contributed by atoms with van der Waals surface area (Å²) in [4.78, 5) is 28.7. The topological polar surface area (TPSA) is 99.0 Å². The number of aromatic nitrogens is 4. The Bertz CT molecular complexity index is 1260. The summed E-state index contributed by atoms with van der Waals surface area (Å²) in [5.74, 6) is 0.0582. The molecule has 0 aliphatic heterocycles. The molecule has 0 radical (unpaired) electrons. The van der Waals surface area contributed by atoms with E-state index >= 15 is 0 Å². The van der Waals surface area contributed by atoms with Gasteiger partial charge in [-0.05, 0) is 36.2 Å². The van der Waals surface area contributed by atoms with Crippen molar-refractivity contribution in [2.45, 2.75) is 18.1 Å². The van der Waals surface area contributed by atoms with Crippen LogP contribution in [0.15, 0.2) is 84.3 Å². The van der Waals surface area contributed by atoms with Crippen molar-refractivity contribution in [3.63, 3.8) is 0 Å². The minimum absolute atomic E-state index is 0.106. The molecule has 1 N–H and O–H groups in total. The summed E-state index contributed by atoms with van der Waals surface area (Å²) >= 11 is 1.29.